The van der Waals surface area contributed by atoms with Crippen LogP contribution in [0.15, 0.2) is 18.3 Å². The molecule has 2 aromatic rings. The van der Waals surface area contributed by atoms with E-state index in [0.717, 1.165) is 70.3 Å². The topological polar surface area (TPSA) is 76.1 Å². The van der Waals surface area contributed by atoms with Crippen molar-refractivity contribution in [2.45, 2.75) is 58.3 Å². The summed E-state index contributed by atoms with van der Waals surface area (Å²) < 4.78 is 2.31. The average Bonchev–Trinajstić information content (AvgIpc) is 3.04. The quantitative estimate of drug-likeness (QED) is 0.832. The smallest absolute Gasteiger partial charge is 0.147 e. The first-order valence-electron chi connectivity index (χ1n) is 10.2. The van der Waals surface area contributed by atoms with E-state index in [1.807, 2.05) is 12.3 Å². The molecule has 0 unspecified atom stereocenters. The predicted octanol–water partition coefficient (Wildman–Crippen LogP) is 1.52. The molecule has 0 radical (unpaired) electrons. The zero-order valence-corrected chi connectivity index (χ0v) is 16.5. The molecule has 1 saturated carbocycles. The highest BCUT2D eigenvalue weighted by Crippen LogP contribution is 2.34. The van der Waals surface area contributed by atoms with Crippen molar-refractivity contribution in [3.05, 3.63) is 41.2 Å². The molecule has 0 aromatic carbocycles. The first-order chi connectivity index (χ1) is 13.1. The molecular formula is C20H31N7. The van der Waals surface area contributed by atoms with Gasteiger partial charge < -0.3 is 10.3 Å². The van der Waals surface area contributed by atoms with Gasteiger partial charge in [-0.15, -0.1) is 10.2 Å². The van der Waals surface area contributed by atoms with Crippen molar-refractivity contribution in [3.8, 4) is 0 Å². The maximum atomic E-state index is 5.96. The Hall–Kier alpha value is -1.83. The van der Waals surface area contributed by atoms with Gasteiger partial charge in [0.15, 0.2) is 0 Å². The number of aromatic nitrogens is 4. The van der Waals surface area contributed by atoms with Crippen LogP contribution in [0.5, 0.6) is 0 Å². The Kier molecular flexibility index (Phi) is 5.52. The molecule has 0 atom stereocenters. The molecule has 2 fully saturated rings. The van der Waals surface area contributed by atoms with Gasteiger partial charge in [-0.2, -0.15) is 0 Å². The molecule has 7 heteroatoms. The Morgan fingerprint density at radius 3 is 2.41 bits per heavy atom. The molecule has 1 aliphatic heterocycles. The Bertz CT molecular complexity index is 757. The third-order valence-electron chi connectivity index (χ3n) is 6.03. The van der Waals surface area contributed by atoms with E-state index >= 15 is 0 Å². The van der Waals surface area contributed by atoms with Crippen molar-refractivity contribution >= 4 is 0 Å². The predicted molar refractivity (Wildman–Crippen MR) is 105 cm³/mol. The standard InChI is InChI=1S/C20H31N7/c1-3-27-19(23-24-20(27)16-11-17(21)12-16)14-26-9-7-25(8-10-26)13-18-15(2)5-4-6-22-18/h4-6,16-17H,3,7-14,21H2,1-2H3. The Morgan fingerprint density at radius 1 is 1.07 bits per heavy atom. The van der Waals surface area contributed by atoms with Crippen LogP contribution < -0.4 is 5.73 Å². The molecule has 0 spiro atoms. The molecule has 2 N–H and O–H groups in total. The zero-order valence-electron chi connectivity index (χ0n) is 16.5. The van der Waals surface area contributed by atoms with Crippen LogP contribution >= 0.6 is 0 Å². The summed E-state index contributed by atoms with van der Waals surface area (Å²) >= 11 is 0. The average molecular weight is 370 g/mol. The van der Waals surface area contributed by atoms with Gasteiger partial charge in [-0.05, 0) is 38.3 Å². The van der Waals surface area contributed by atoms with Gasteiger partial charge in [0, 0.05) is 57.4 Å². The van der Waals surface area contributed by atoms with Gasteiger partial charge in [0.25, 0.3) is 0 Å². The summed E-state index contributed by atoms with van der Waals surface area (Å²) in [4.78, 5) is 9.53. The summed E-state index contributed by atoms with van der Waals surface area (Å²) in [5.41, 5.74) is 8.43. The Balaban J connectivity index is 1.32. The summed E-state index contributed by atoms with van der Waals surface area (Å²) in [6.45, 7) is 11.3. The van der Waals surface area contributed by atoms with E-state index in [1.54, 1.807) is 0 Å². The van der Waals surface area contributed by atoms with Crippen LogP contribution in [0.4, 0.5) is 0 Å². The Morgan fingerprint density at radius 2 is 1.78 bits per heavy atom. The summed E-state index contributed by atoms with van der Waals surface area (Å²) in [5, 5.41) is 9.02. The lowest BCUT2D eigenvalue weighted by Crippen LogP contribution is -2.45. The number of hydrogen-bond acceptors (Lipinski definition) is 6. The second kappa shape index (κ2) is 8.04. The highest BCUT2D eigenvalue weighted by atomic mass is 15.3. The minimum absolute atomic E-state index is 0.344. The van der Waals surface area contributed by atoms with Gasteiger partial charge in [-0.3, -0.25) is 14.8 Å². The lowest BCUT2D eigenvalue weighted by Gasteiger charge is -2.34. The van der Waals surface area contributed by atoms with E-state index in [-0.39, 0.29) is 0 Å². The first-order valence-corrected chi connectivity index (χ1v) is 10.2. The normalized spacial score (nSPS) is 24.1. The van der Waals surface area contributed by atoms with Crippen molar-refractivity contribution in [3.63, 3.8) is 0 Å². The molecule has 7 nitrogen and oxygen atoms in total. The van der Waals surface area contributed by atoms with E-state index in [0.29, 0.717) is 12.0 Å². The van der Waals surface area contributed by atoms with E-state index in [1.165, 1.54) is 11.3 Å². The van der Waals surface area contributed by atoms with Gasteiger partial charge in [-0.25, -0.2) is 0 Å². The molecule has 1 saturated heterocycles. The van der Waals surface area contributed by atoms with Crippen LogP contribution in [0, 0.1) is 6.92 Å². The first kappa shape index (κ1) is 18.5. The molecule has 0 amide bonds. The van der Waals surface area contributed by atoms with E-state index in [2.05, 4.69) is 49.5 Å². The summed E-state index contributed by atoms with van der Waals surface area (Å²) in [6.07, 6.45) is 3.98. The minimum atomic E-state index is 0.344. The van der Waals surface area contributed by atoms with Crippen LogP contribution in [0.2, 0.25) is 0 Å². The Labute approximate surface area is 161 Å². The highest BCUT2D eigenvalue weighted by molar-refractivity contribution is 5.17. The lowest BCUT2D eigenvalue weighted by atomic mass is 9.80. The third-order valence-corrected chi connectivity index (χ3v) is 6.03. The molecule has 1 aliphatic carbocycles. The van der Waals surface area contributed by atoms with Gasteiger partial charge in [0.05, 0.1) is 12.2 Å². The van der Waals surface area contributed by atoms with Crippen molar-refractivity contribution in [1.29, 1.82) is 0 Å². The number of rotatable bonds is 6. The van der Waals surface area contributed by atoms with Crippen molar-refractivity contribution in [2.24, 2.45) is 5.73 Å². The fraction of sp³-hybridized carbons (Fsp3) is 0.650. The third kappa shape index (κ3) is 4.05. The van der Waals surface area contributed by atoms with Crippen molar-refractivity contribution in [2.75, 3.05) is 26.2 Å². The summed E-state index contributed by atoms with van der Waals surface area (Å²) in [7, 11) is 0. The fourth-order valence-electron chi connectivity index (χ4n) is 4.19. The highest BCUT2D eigenvalue weighted by Gasteiger charge is 2.32. The number of aryl methyl sites for hydroxylation is 1. The maximum absolute atomic E-state index is 5.96. The second-order valence-corrected chi connectivity index (χ2v) is 7.97. The molecule has 3 heterocycles. The van der Waals surface area contributed by atoms with E-state index < -0.39 is 0 Å². The molecule has 2 aromatic heterocycles. The summed E-state index contributed by atoms with van der Waals surface area (Å²) in [5.74, 6) is 2.74. The molecule has 2 aliphatic rings. The van der Waals surface area contributed by atoms with Crippen molar-refractivity contribution < 1.29 is 0 Å². The molecular weight excluding hydrogens is 338 g/mol. The van der Waals surface area contributed by atoms with Crippen molar-refractivity contribution in [1.82, 2.24) is 29.5 Å². The van der Waals surface area contributed by atoms with E-state index in [4.69, 9.17) is 5.73 Å². The van der Waals surface area contributed by atoms with Crippen LogP contribution in [-0.2, 0) is 19.6 Å². The van der Waals surface area contributed by atoms with Gasteiger partial charge in [0.2, 0.25) is 0 Å². The van der Waals surface area contributed by atoms with Crippen LogP contribution in [-0.4, -0.2) is 61.8 Å². The number of hydrogen-bond donors (Lipinski definition) is 1. The number of nitrogens with zero attached hydrogens (tertiary/aromatic N) is 6. The second-order valence-electron chi connectivity index (χ2n) is 7.97. The molecule has 0 bridgehead atoms. The van der Waals surface area contributed by atoms with Gasteiger partial charge in [0.1, 0.15) is 11.6 Å². The molecule has 4 rings (SSSR count). The number of nitrogens with two attached hydrogens (primary N) is 1. The molecule has 27 heavy (non-hydrogen) atoms. The minimum Gasteiger partial charge on any atom is -0.328 e. The largest absolute Gasteiger partial charge is 0.328 e. The fourth-order valence-corrected chi connectivity index (χ4v) is 4.19. The summed E-state index contributed by atoms with van der Waals surface area (Å²) in [6, 6.07) is 4.49. The lowest BCUT2D eigenvalue weighted by molar-refractivity contribution is 0.117. The zero-order chi connectivity index (χ0) is 18.8. The van der Waals surface area contributed by atoms with Crippen LogP contribution in [0.3, 0.4) is 0 Å². The monoisotopic (exact) mass is 369 g/mol. The maximum Gasteiger partial charge on any atom is 0.147 e. The van der Waals surface area contributed by atoms with Gasteiger partial charge in [-0.1, -0.05) is 6.07 Å². The molecule has 146 valence electrons. The van der Waals surface area contributed by atoms with Crippen LogP contribution in [0.1, 0.15) is 48.6 Å². The van der Waals surface area contributed by atoms with Gasteiger partial charge >= 0.3 is 0 Å². The van der Waals surface area contributed by atoms with Crippen LogP contribution in [0.25, 0.3) is 0 Å². The number of piperazine rings is 1. The SMILES string of the molecule is CCn1c(CN2CCN(Cc3ncccc3C)CC2)nnc1C1CC(N)C1. The van der Waals surface area contributed by atoms with E-state index in [9.17, 15) is 0 Å². The number of pyridine rings is 1.